The van der Waals surface area contributed by atoms with Crippen LogP contribution in [0.5, 0.6) is 0 Å². The first-order valence-corrected chi connectivity index (χ1v) is 9.13. The maximum atomic E-state index is 12.3. The Morgan fingerprint density at radius 3 is 2.45 bits per heavy atom. The zero-order chi connectivity index (χ0) is 15.7. The number of ether oxygens (including phenoxy) is 1. The molecule has 2 unspecified atom stereocenters. The Labute approximate surface area is 141 Å². The molecule has 4 atom stereocenters. The molecular weight excluding hydrogens is 318 g/mol. The molecule has 0 spiro atoms. The Morgan fingerprint density at radius 1 is 1.27 bits per heavy atom. The summed E-state index contributed by atoms with van der Waals surface area (Å²) < 4.78 is 5.77. The highest BCUT2D eigenvalue weighted by molar-refractivity contribution is 8.00. The summed E-state index contributed by atoms with van der Waals surface area (Å²) in [7, 11) is 2.19. The molecule has 0 N–H and O–H groups in total. The van der Waals surface area contributed by atoms with Gasteiger partial charge in [0.25, 0.3) is 0 Å². The molecule has 0 saturated carbocycles. The van der Waals surface area contributed by atoms with Crippen LogP contribution in [0.25, 0.3) is 0 Å². The lowest BCUT2D eigenvalue weighted by Crippen LogP contribution is -2.44. The summed E-state index contributed by atoms with van der Waals surface area (Å²) >= 11 is 7.40. The fourth-order valence-electron chi connectivity index (χ4n) is 3.48. The monoisotopic (exact) mass is 339 g/mol. The normalized spacial score (nSPS) is 29.3. The Bertz CT molecular complexity index is 522. The highest BCUT2D eigenvalue weighted by Gasteiger charge is 2.40. The van der Waals surface area contributed by atoms with Crippen LogP contribution in [-0.4, -0.2) is 41.4 Å². The quantitative estimate of drug-likeness (QED) is 0.613. The molecule has 2 aliphatic heterocycles. The minimum atomic E-state index is -0.196. The molecule has 2 aliphatic rings. The molecule has 2 saturated heterocycles. The summed E-state index contributed by atoms with van der Waals surface area (Å²) in [4.78, 5) is 15.8. The number of hydrogen-bond donors (Lipinski definition) is 0. The van der Waals surface area contributed by atoms with E-state index in [-0.39, 0.29) is 17.3 Å². The number of fused-ring (bicyclic) bond motifs is 2. The van der Waals surface area contributed by atoms with Gasteiger partial charge < -0.3 is 9.64 Å². The molecule has 120 valence electrons. The summed E-state index contributed by atoms with van der Waals surface area (Å²) in [5.74, 6) is -0.103. The molecule has 5 heteroatoms. The van der Waals surface area contributed by atoms with E-state index in [1.807, 2.05) is 31.2 Å². The molecule has 2 fully saturated rings. The fraction of sp³-hybridized carbons (Fsp3) is 0.588. The van der Waals surface area contributed by atoms with Crippen molar-refractivity contribution in [2.45, 2.75) is 60.9 Å². The van der Waals surface area contributed by atoms with Crippen molar-refractivity contribution >= 4 is 29.3 Å². The number of thioether (sulfide) groups is 1. The number of carbonyl (C=O) groups excluding carboxylic acids is 1. The number of benzene rings is 1. The largest absolute Gasteiger partial charge is 0.461 e. The maximum Gasteiger partial charge on any atom is 0.319 e. The molecule has 0 amide bonds. The summed E-state index contributed by atoms with van der Waals surface area (Å²) in [6.45, 7) is 1.91. The van der Waals surface area contributed by atoms with Crippen LogP contribution >= 0.6 is 23.4 Å². The first-order valence-electron chi connectivity index (χ1n) is 7.87. The van der Waals surface area contributed by atoms with Crippen molar-refractivity contribution in [3.8, 4) is 0 Å². The Balaban J connectivity index is 1.52. The summed E-state index contributed by atoms with van der Waals surface area (Å²) in [5, 5.41) is 0.514. The molecule has 1 aromatic rings. The van der Waals surface area contributed by atoms with Gasteiger partial charge in [0.1, 0.15) is 11.4 Å². The zero-order valence-electron chi connectivity index (χ0n) is 13.0. The van der Waals surface area contributed by atoms with Gasteiger partial charge >= 0.3 is 5.97 Å². The predicted octanol–water partition coefficient (Wildman–Crippen LogP) is 3.99. The van der Waals surface area contributed by atoms with Crippen LogP contribution in [0.4, 0.5) is 0 Å². The van der Waals surface area contributed by atoms with E-state index in [9.17, 15) is 4.79 Å². The van der Waals surface area contributed by atoms with Crippen LogP contribution in [0.3, 0.4) is 0 Å². The van der Waals surface area contributed by atoms with Gasteiger partial charge in [0.05, 0.1) is 0 Å². The molecular formula is C17H22ClNO2S. The third-order valence-electron chi connectivity index (χ3n) is 4.80. The van der Waals surface area contributed by atoms with Crippen LogP contribution < -0.4 is 0 Å². The van der Waals surface area contributed by atoms with Crippen molar-refractivity contribution in [1.82, 2.24) is 4.90 Å². The predicted molar refractivity (Wildman–Crippen MR) is 90.5 cm³/mol. The number of hydrogen-bond acceptors (Lipinski definition) is 4. The van der Waals surface area contributed by atoms with Crippen molar-refractivity contribution in [3.05, 3.63) is 29.3 Å². The second-order valence-electron chi connectivity index (χ2n) is 6.29. The van der Waals surface area contributed by atoms with E-state index in [0.29, 0.717) is 17.1 Å². The van der Waals surface area contributed by atoms with Crippen molar-refractivity contribution in [2.24, 2.45) is 0 Å². The minimum Gasteiger partial charge on any atom is -0.461 e. The van der Waals surface area contributed by atoms with E-state index in [4.69, 9.17) is 16.3 Å². The Morgan fingerprint density at radius 2 is 1.86 bits per heavy atom. The maximum absolute atomic E-state index is 12.3. The van der Waals surface area contributed by atoms with Crippen LogP contribution in [0.2, 0.25) is 5.02 Å². The molecule has 2 heterocycles. The number of carbonyl (C=O) groups is 1. The molecule has 22 heavy (non-hydrogen) atoms. The topological polar surface area (TPSA) is 29.5 Å². The van der Waals surface area contributed by atoms with Crippen LogP contribution in [-0.2, 0) is 9.53 Å². The van der Waals surface area contributed by atoms with Gasteiger partial charge in [-0.3, -0.25) is 4.79 Å². The number of nitrogens with zero attached hydrogens (tertiary/aromatic N) is 1. The average molecular weight is 340 g/mol. The third kappa shape index (κ3) is 3.61. The number of esters is 1. The molecule has 0 aliphatic carbocycles. The standard InChI is InChI=1S/C17H22ClNO2S/c1-11(22-16-7-3-12(18)4-8-16)17(20)21-15-9-13-5-6-14(10-15)19(13)2/h3-4,7-8,11,13-15H,5-6,9-10H2,1-2H3/t11?,13-,14+,15?. The van der Waals surface area contributed by atoms with E-state index in [1.54, 1.807) is 0 Å². The van der Waals surface area contributed by atoms with Crippen LogP contribution in [0.1, 0.15) is 32.6 Å². The van der Waals surface area contributed by atoms with Crippen molar-refractivity contribution in [2.75, 3.05) is 7.05 Å². The van der Waals surface area contributed by atoms with Crippen LogP contribution in [0, 0.1) is 0 Å². The molecule has 2 bridgehead atoms. The van der Waals surface area contributed by atoms with Crippen LogP contribution in [0.15, 0.2) is 29.2 Å². The Hall–Kier alpha value is -0.710. The molecule has 3 rings (SSSR count). The average Bonchev–Trinajstić information content (AvgIpc) is 2.72. The number of piperidine rings is 1. The smallest absolute Gasteiger partial charge is 0.319 e. The lowest BCUT2D eigenvalue weighted by Gasteiger charge is -2.36. The van der Waals surface area contributed by atoms with Gasteiger partial charge in [-0.2, -0.15) is 0 Å². The highest BCUT2D eigenvalue weighted by Crippen LogP contribution is 2.36. The van der Waals surface area contributed by atoms with Gasteiger partial charge in [0.2, 0.25) is 0 Å². The van der Waals surface area contributed by atoms with Gasteiger partial charge in [-0.15, -0.1) is 11.8 Å². The summed E-state index contributed by atoms with van der Waals surface area (Å²) in [6, 6.07) is 8.75. The van der Waals surface area contributed by atoms with Crippen molar-refractivity contribution < 1.29 is 9.53 Å². The SMILES string of the molecule is CC(Sc1ccc(Cl)cc1)C(=O)OC1C[C@H]2CC[C@@H](C1)N2C. The lowest BCUT2D eigenvalue weighted by molar-refractivity contribution is -0.151. The fourth-order valence-corrected chi connectivity index (χ4v) is 4.46. The first-order chi connectivity index (χ1) is 10.5. The minimum absolute atomic E-state index is 0.0921. The van der Waals surface area contributed by atoms with Gasteiger partial charge in [-0.05, 0) is 63.9 Å². The highest BCUT2D eigenvalue weighted by atomic mass is 35.5. The Kier molecular flexibility index (Phi) is 5.00. The summed E-state index contributed by atoms with van der Waals surface area (Å²) in [6.07, 6.45) is 4.54. The van der Waals surface area contributed by atoms with Crippen molar-refractivity contribution in [3.63, 3.8) is 0 Å². The lowest BCUT2D eigenvalue weighted by atomic mass is 10.0. The molecule has 1 aromatic carbocycles. The van der Waals surface area contributed by atoms with E-state index in [2.05, 4.69) is 11.9 Å². The van der Waals surface area contributed by atoms with Gasteiger partial charge in [-0.25, -0.2) is 0 Å². The summed E-state index contributed by atoms with van der Waals surface area (Å²) in [5.41, 5.74) is 0. The first kappa shape index (κ1) is 16.2. The van der Waals surface area contributed by atoms with E-state index >= 15 is 0 Å². The third-order valence-corrected chi connectivity index (χ3v) is 6.14. The van der Waals surface area contributed by atoms with Gasteiger partial charge in [0.15, 0.2) is 0 Å². The van der Waals surface area contributed by atoms with E-state index in [1.165, 1.54) is 24.6 Å². The second kappa shape index (κ2) is 6.81. The second-order valence-corrected chi connectivity index (χ2v) is 8.15. The van der Waals surface area contributed by atoms with E-state index < -0.39 is 0 Å². The zero-order valence-corrected chi connectivity index (χ0v) is 14.6. The molecule has 0 aromatic heterocycles. The molecule has 3 nitrogen and oxygen atoms in total. The molecule has 0 radical (unpaired) electrons. The van der Waals surface area contributed by atoms with Crippen molar-refractivity contribution in [1.29, 1.82) is 0 Å². The number of rotatable bonds is 4. The van der Waals surface area contributed by atoms with E-state index in [0.717, 1.165) is 17.7 Å². The van der Waals surface area contributed by atoms with Gasteiger partial charge in [0, 0.05) is 22.0 Å². The van der Waals surface area contributed by atoms with Gasteiger partial charge in [-0.1, -0.05) is 11.6 Å². The number of halogens is 1.